The minimum absolute atomic E-state index is 0.209. The Balaban J connectivity index is 1.89. The summed E-state index contributed by atoms with van der Waals surface area (Å²) in [5.74, 6) is 0. The number of halogens is 1. The summed E-state index contributed by atoms with van der Waals surface area (Å²) < 4.78 is 1.11. The summed E-state index contributed by atoms with van der Waals surface area (Å²) in [7, 11) is 0. The highest BCUT2D eigenvalue weighted by Gasteiger charge is 2.37. The number of fused-ring (bicyclic) bond motifs is 1. The number of hydrogen-bond acceptors (Lipinski definition) is 0. The second-order valence-electron chi connectivity index (χ2n) is 9.50. The highest BCUT2D eigenvalue weighted by atomic mass is 79.9. The van der Waals surface area contributed by atoms with Crippen LogP contribution in [0.15, 0.2) is 77.3 Å². The Hall–Kier alpha value is -2.12. The second kappa shape index (κ2) is 7.61. The van der Waals surface area contributed by atoms with Gasteiger partial charge in [-0.2, -0.15) is 0 Å². The molecule has 0 spiro atoms. The zero-order chi connectivity index (χ0) is 20.6. The molecule has 0 saturated carbocycles. The molecule has 0 unspecified atom stereocenters. The molecule has 0 radical (unpaired) electrons. The Morgan fingerprint density at radius 1 is 0.724 bits per heavy atom. The fraction of sp³-hybridized carbons (Fsp3) is 0.286. The molecule has 3 aromatic rings. The van der Waals surface area contributed by atoms with Gasteiger partial charge in [0.2, 0.25) is 0 Å². The van der Waals surface area contributed by atoms with E-state index < -0.39 is 0 Å². The average molecular weight is 445 g/mol. The van der Waals surface area contributed by atoms with Gasteiger partial charge in [0.15, 0.2) is 0 Å². The van der Waals surface area contributed by atoms with Crippen molar-refractivity contribution in [2.75, 3.05) is 0 Å². The van der Waals surface area contributed by atoms with Gasteiger partial charge in [0.05, 0.1) is 0 Å². The van der Waals surface area contributed by atoms with Crippen molar-refractivity contribution < 1.29 is 0 Å². The summed E-state index contributed by atoms with van der Waals surface area (Å²) in [4.78, 5) is 0. The van der Waals surface area contributed by atoms with Crippen LogP contribution in [0.25, 0.3) is 11.6 Å². The van der Waals surface area contributed by atoms with Crippen LogP contribution in [0.5, 0.6) is 0 Å². The van der Waals surface area contributed by atoms with E-state index in [1.807, 2.05) is 0 Å². The van der Waals surface area contributed by atoms with Gasteiger partial charge in [-0.25, -0.2) is 0 Å². The van der Waals surface area contributed by atoms with E-state index in [4.69, 9.17) is 0 Å². The molecule has 0 fully saturated rings. The van der Waals surface area contributed by atoms with Crippen LogP contribution in [-0.4, -0.2) is 0 Å². The van der Waals surface area contributed by atoms with E-state index in [0.717, 1.165) is 4.47 Å². The Labute approximate surface area is 183 Å². The molecule has 1 heteroatoms. The molecule has 0 amide bonds. The van der Waals surface area contributed by atoms with Crippen LogP contribution >= 0.6 is 15.9 Å². The summed E-state index contributed by atoms with van der Waals surface area (Å²) in [6.07, 6.45) is 4.78. The highest BCUT2D eigenvalue weighted by Crippen LogP contribution is 2.46. The molecule has 0 atom stereocenters. The van der Waals surface area contributed by atoms with Crippen LogP contribution in [0.2, 0.25) is 0 Å². The van der Waals surface area contributed by atoms with E-state index in [1.54, 1.807) is 0 Å². The molecule has 29 heavy (non-hydrogen) atoms. The lowest BCUT2D eigenvalue weighted by Crippen LogP contribution is -2.33. The largest absolute Gasteiger partial charge is 0.0622 e. The third kappa shape index (κ3) is 4.12. The molecule has 0 bridgehead atoms. The molecule has 0 heterocycles. The van der Waals surface area contributed by atoms with Crippen molar-refractivity contribution in [2.45, 2.75) is 51.4 Å². The van der Waals surface area contributed by atoms with Gasteiger partial charge in [-0.15, -0.1) is 0 Å². The molecule has 4 rings (SSSR count). The summed E-state index contributed by atoms with van der Waals surface area (Å²) in [6, 6.07) is 26.4. The van der Waals surface area contributed by atoms with E-state index in [0.29, 0.717) is 0 Å². The molecule has 1 aliphatic rings. The first-order valence-corrected chi connectivity index (χ1v) is 11.2. The van der Waals surface area contributed by atoms with Crippen molar-refractivity contribution in [1.29, 1.82) is 0 Å². The van der Waals surface area contributed by atoms with Crippen molar-refractivity contribution in [3.05, 3.63) is 105 Å². The molecule has 1 aliphatic carbocycles. The van der Waals surface area contributed by atoms with Crippen LogP contribution in [0.1, 0.15) is 68.4 Å². The number of hydrogen-bond donors (Lipinski definition) is 0. The Bertz CT molecular complexity index is 1040. The first-order chi connectivity index (χ1) is 13.8. The summed E-state index contributed by atoms with van der Waals surface area (Å²) >= 11 is 3.55. The summed E-state index contributed by atoms with van der Waals surface area (Å²) in [6.45, 7) is 9.56. The van der Waals surface area contributed by atoms with Crippen molar-refractivity contribution in [1.82, 2.24) is 0 Å². The maximum absolute atomic E-state index is 3.55. The number of benzene rings is 3. The van der Waals surface area contributed by atoms with E-state index in [1.165, 1.54) is 46.2 Å². The van der Waals surface area contributed by atoms with E-state index >= 15 is 0 Å². The van der Waals surface area contributed by atoms with Crippen LogP contribution in [-0.2, 0) is 10.8 Å². The molecule has 0 nitrogen and oxygen atoms in total. The smallest absolute Gasteiger partial charge is 0.0175 e. The number of rotatable bonds is 3. The maximum Gasteiger partial charge on any atom is 0.0175 e. The molecule has 0 aromatic heterocycles. The Kier molecular flexibility index (Phi) is 5.29. The Morgan fingerprint density at radius 2 is 1.34 bits per heavy atom. The molecular weight excluding hydrogens is 416 g/mol. The lowest BCUT2D eigenvalue weighted by atomic mass is 9.63. The quantitative estimate of drug-likeness (QED) is 0.355. The van der Waals surface area contributed by atoms with Gasteiger partial charge in [0, 0.05) is 4.47 Å². The normalized spacial score (nSPS) is 17.6. The predicted octanol–water partition coefficient (Wildman–Crippen LogP) is 8.39. The lowest BCUT2D eigenvalue weighted by Gasteiger charge is -2.42. The van der Waals surface area contributed by atoms with Crippen molar-refractivity contribution >= 4 is 27.6 Å². The van der Waals surface area contributed by atoms with Crippen LogP contribution in [0.4, 0.5) is 0 Å². The van der Waals surface area contributed by atoms with E-state index in [2.05, 4.69) is 122 Å². The van der Waals surface area contributed by atoms with Gasteiger partial charge in [-0.1, -0.05) is 104 Å². The van der Waals surface area contributed by atoms with Crippen molar-refractivity contribution in [3.8, 4) is 0 Å². The minimum atomic E-state index is 0.209. The second-order valence-corrected chi connectivity index (χ2v) is 10.4. The summed E-state index contributed by atoms with van der Waals surface area (Å²) in [5, 5.41) is 0. The summed E-state index contributed by atoms with van der Waals surface area (Å²) in [5.41, 5.74) is 8.50. The molecule has 0 saturated heterocycles. The molecular formula is C28H29Br. The van der Waals surface area contributed by atoms with Gasteiger partial charge >= 0.3 is 0 Å². The fourth-order valence-corrected chi connectivity index (χ4v) is 4.70. The van der Waals surface area contributed by atoms with Crippen molar-refractivity contribution in [3.63, 3.8) is 0 Å². The minimum Gasteiger partial charge on any atom is -0.0622 e. The van der Waals surface area contributed by atoms with Crippen LogP contribution in [0.3, 0.4) is 0 Å². The van der Waals surface area contributed by atoms with E-state index in [9.17, 15) is 0 Å². The standard InChI is InChI=1S/C28H29Br/c1-27(2)16-17-28(3,4)26-19-22(12-15-25(26)27)24(21-8-6-5-7-9-21)18-20-10-13-23(29)14-11-20/h5-15,18-19H,16-17H2,1-4H3. The first kappa shape index (κ1) is 20.2. The Morgan fingerprint density at radius 3 is 2.00 bits per heavy atom. The molecule has 3 aromatic carbocycles. The zero-order valence-corrected chi connectivity index (χ0v) is 19.4. The van der Waals surface area contributed by atoms with Crippen LogP contribution < -0.4 is 0 Å². The fourth-order valence-electron chi connectivity index (χ4n) is 4.43. The third-order valence-electron chi connectivity index (χ3n) is 6.43. The predicted molar refractivity (Wildman–Crippen MR) is 129 cm³/mol. The van der Waals surface area contributed by atoms with Gasteiger partial charge in [0.25, 0.3) is 0 Å². The SMILES string of the molecule is CC1(C)CCC(C)(C)c2cc(C(=Cc3ccc(Br)cc3)c3ccccc3)ccc21. The average Bonchev–Trinajstić information content (AvgIpc) is 2.71. The highest BCUT2D eigenvalue weighted by molar-refractivity contribution is 9.10. The lowest BCUT2D eigenvalue weighted by molar-refractivity contribution is 0.332. The first-order valence-electron chi connectivity index (χ1n) is 10.4. The van der Waals surface area contributed by atoms with Crippen molar-refractivity contribution in [2.24, 2.45) is 0 Å². The van der Waals surface area contributed by atoms with Gasteiger partial charge in [0.1, 0.15) is 0 Å². The maximum atomic E-state index is 3.55. The van der Waals surface area contributed by atoms with Gasteiger partial charge in [-0.05, 0) is 75.3 Å². The zero-order valence-electron chi connectivity index (χ0n) is 17.8. The van der Waals surface area contributed by atoms with E-state index in [-0.39, 0.29) is 10.8 Å². The van der Waals surface area contributed by atoms with Crippen LogP contribution in [0, 0.1) is 0 Å². The molecule has 0 N–H and O–H groups in total. The topological polar surface area (TPSA) is 0 Å². The van der Waals surface area contributed by atoms with Gasteiger partial charge in [-0.3, -0.25) is 0 Å². The molecule has 148 valence electrons. The monoisotopic (exact) mass is 444 g/mol. The van der Waals surface area contributed by atoms with Gasteiger partial charge < -0.3 is 0 Å². The molecule has 0 aliphatic heterocycles. The third-order valence-corrected chi connectivity index (χ3v) is 6.96.